The number of hydrogen-bond donors (Lipinski definition) is 0. The fraction of sp³-hybridized carbons (Fsp3) is 0.200. The molecular weight excluding hydrogens is 342 g/mol. The van der Waals surface area contributed by atoms with Crippen molar-refractivity contribution in [2.24, 2.45) is 0 Å². The number of benzene rings is 1. The van der Waals surface area contributed by atoms with Crippen LogP contribution in [0.15, 0.2) is 41.1 Å². The Balaban J connectivity index is 2.24. The van der Waals surface area contributed by atoms with Gasteiger partial charge in [-0.15, -0.1) is 0 Å². The Kier molecular flexibility index (Phi) is 4.67. The number of amides is 1. The average Bonchev–Trinajstić information content (AvgIpc) is 2.47. The zero-order chi connectivity index (χ0) is 15.6. The highest BCUT2D eigenvalue weighted by atomic mass is 79.9. The summed E-state index contributed by atoms with van der Waals surface area (Å²) in [4.78, 5) is 17.8. The first kappa shape index (κ1) is 15.6. The quantitative estimate of drug-likeness (QED) is 0.835. The lowest BCUT2D eigenvalue weighted by atomic mass is 10.1. The van der Waals surface area contributed by atoms with Crippen LogP contribution in [0.4, 0.5) is 8.78 Å². The van der Waals surface area contributed by atoms with E-state index in [9.17, 15) is 13.6 Å². The van der Waals surface area contributed by atoms with E-state index in [1.807, 2.05) is 0 Å². The molecule has 6 heteroatoms. The van der Waals surface area contributed by atoms with Crippen molar-refractivity contribution in [1.82, 2.24) is 9.88 Å². The molecule has 0 bridgehead atoms. The standard InChI is InChI=1S/C15H13BrF2N2O/c1-9(10-3-4-13(17)14(18)6-10)20(2)15(21)11-5-12(16)8-19-7-11/h3-9H,1-2H3. The number of hydrogen-bond acceptors (Lipinski definition) is 2. The topological polar surface area (TPSA) is 33.2 Å². The van der Waals surface area contributed by atoms with Gasteiger partial charge in [-0.2, -0.15) is 0 Å². The van der Waals surface area contributed by atoms with Crippen LogP contribution in [0.1, 0.15) is 28.9 Å². The van der Waals surface area contributed by atoms with E-state index in [0.717, 1.165) is 12.1 Å². The first-order valence-corrected chi connectivity index (χ1v) is 7.02. The maximum absolute atomic E-state index is 13.3. The minimum absolute atomic E-state index is 0.249. The normalized spacial score (nSPS) is 12.0. The van der Waals surface area contributed by atoms with Gasteiger partial charge in [0.2, 0.25) is 0 Å². The van der Waals surface area contributed by atoms with E-state index in [0.29, 0.717) is 15.6 Å². The highest BCUT2D eigenvalue weighted by Gasteiger charge is 2.20. The summed E-state index contributed by atoms with van der Waals surface area (Å²) in [6.07, 6.45) is 3.04. The number of nitrogens with zero attached hydrogens (tertiary/aromatic N) is 2. The molecule has 1 aromatic heterocycles. The van der Waals surface area contributed by atoms with Gasteiger partial charge in [0, 0.05) is 23.9 Å². The zero-order valence-corrected chi connectivity index (χ0v) is 13.1. The lowest BCUT2D eigenvalue weighted by Gasteiger charge is -2.25. The van der Waals surface area contributed by atoms with Crippen molar-refractivity contribution in [3.05, 3.63) is 63.9 Å². The second-order valence-electron chi connectivity index (χ2n) is 4.66. The first-order valence-electron chi connectivity index (χ1n) is 6.23. The Bertz CT molecular complexity index is 678. The SMILES string of the molecule is CC(c1ccc(F)c(F)c1)N(C)C(=O)c1cncc(Br)c1. The van der Waals surface area contributed by atoms with Crippen molar-refractivity contribution in [3.63, 3.8) is 0 Å². The Labute approximate surface area is 129 Å². The fourth-order valence-corrected chi connectivity index (χ4v) is 2.27. The third kappa shape index (κ3) is 3.44. The molecule has 21 heavy (non-hydrogen) atoms. The Hall–Kier alpha value is -1.82. The number of carbonyl (C=O) groups excluding carboxylic acids is 1. The molecule has 110 valence electrons. The molecule has 1 heterocycles. The van der Waals surface area contributed by atoms with Crippen LogP contribution in [0.3, 0.4) is 0 Å². The van der Waals surface area contributed by atoms with Gasteiger partial charge in [0.25, 0.3) is 5.91 Å². The minimum Gasteiger partial charge on any atom is -0.335 e. The third-order valence-corrected chi connectivity index (χ3v) is 3.71. The largest absolute Gasteiger partial charge is 0.335 e. The summed E-state index contributed by atoms with van der Waals surface area (Å²) in [5.74, 6) is -2.08. The van der Waals surface area contributed by atoms with Crippen molar-refractivity contribution in [2.75, 3.05) is 7.05 Å². The van der Waals surface area contributed by atoms with Crippen LogP contribution in [-0.4, -0.2) is 22.8 Å². The molecule has 1 unspecified atom stereocenters. The summed E-state index contributed by atoms with van der Waals surface area (Å²) in [5.41, 5.74) is 0.939. The molecule has 0 fully saturated rings. The number of aromatic nitrogens is 1. The maximum atomic E-state index is 13.3. The molecule has 0 N–H and O–H groups in total. The Morgan fingerprint density at radius 3 is 2.57 bits per heavy atom. The number of carbonyl (C=O) groups is 1. The smallest absolute Gasteiger partial charge is 0.255 e. The van der Waals surface area contributed by atoms with Crippen LogP contribution in [-0.2, 0) is 0 Å². The van der Waals surface area contributed by atoms with E-state index >= 15 is 0 Å². The highest BCUT2D eigenvalue weighted by Crippen LogP contribution is 2.23. The van der Waals surface area contributed by atoms with Crippen molar-refractivity contribution < 1.29 is 13.6 Å². The van der Waals surface area contributed by atoms with Crippen LogP contribution >= 0.6 is 15.9 Å². The second kappa shape index (κ2) is 6.30. The molecule has 0 aliphatic rings. The molecule has 0 radical (unpaired) electrons. The van der Waals surface area contributed by atoms with Crippen molar-refractivity contribution in [1.29, 1.82) is 0 Å². The lowest BCUT2D eigenvalue weighted by molar-refractivity contribution is 0.0742. The van der Waals surface area contributed by atoms with E-state index < -0.39 is 17.7 Å². The van der Waals surface area contributed by atoms with E-state index in [4.69, 9.17) is 0 Å². The zero-order valence-electron chi connectivity index (χ0n) is 11.5. The summed E-state index contributed by atoms with van der Waals surface area (Å²) < 4.78 is 26.9. The molecule has 2 rings (SSSR count). The van der Waals surface area contributed by atoms with Crippen LogP contribution < -0.4 is 0 Å². The van der Waals surface area contributed by atoms with Gasteiger partial charge in [-0.1, -0.05) is 6.07 Å². The van der Waals surface area contributed by atoms with Gasteiger partial charge in [-0.3, -0.25) is 9.78 Å². The molecule has 0 aliphatic heterocycles. The highest BCUT2D eigenvalue weighted by molar-refractivity contribution is 9.10. The van der Waals surface area contributed by atoms with Gasteiger partial charge < -0.3 is 4.90 Å². The molecule has 1 atom stereocenters. The summed E-state index contributed by atoms with van der Waals surface area (Å²) in [6.45, 7) is 1.75. The molecule has 0 saturated heterocycles. The molecule has 0 spiro atoms. The van der Waals surface area contributed by atoms with E-state index in [2.05, 4.69) is 20.9 Å². The molecular formula is C15H13BrF2N2O. The van der Waals surface area contributed by atoms with Crippen molar-refractivity contribution in [2.45, 2.75) is 13.0 Å². The van der Waals surface area contributed by atoms with E-state index in [1.54, 1.807) is 26.2 Å². The fourth-order valence-electron chi connectivity index (χ4n) is 1.90. The van der Waals surface area contributed by atoms with E-state index in [1.165, 1.54) is 17.2 Å². The third-order valence-electron chi connectivity index (χ3n) is 3.28. The summed E-state index contributed by atoms with van der Waals surface area (Å²) >= 11 is 3.25. The maximum Gasteiger partial charge on any atom is 0.255 e. The molecule has 1 aromatic carbocycles. The number of pyridine rings is 1. The molecule has 0 saturated carbocycles. The van der Waals surface area contributed by atoms with Crippen molar-refractivity contribution in [3.8, 4) is 0 Å². The van der Waals surface area contributed by atoms with Gasteiger partial charge in [-0.05, 0) is 46.6 Å². The lowest BCUT2D eigenvalue weighted by Crippen LogP contribution is -2.29. The van der Waals surface area contributed by atoms with Crippen LogP contribution in [0, 0.1) is 11.6 Å². The van der Waals surface area contributed by atoms with Gasteiger partial charge in [0.1, 0.15) is 0 Å². The van der Waals surface area contributed by atoms with E-state index in [-0.39, 0.29) is 5.91 Å². The first-order chi connectivity index (χ1) is 9.90. The minimum atomic E-state index is -0.927. The molecule has 0 aliphatic carbocycles. The molecule has 2 aromatic rings. The van der Waals surface area contributed by atoms with Crippen LogP contribution in [0.5, 0.6) is 0 Å². The number of halogens is 3. The Morgan fingerprint density at radius 1 is 1.24 bits per heavy atom. The average molecular weight is 355 g/mol. The monoisotopic (exact) mass is 354 g/mol. The van der Waals surface area contributed by atoms with Crippen LogP contribution in [0.25, 0.3) is 0 Å². The van der Waals surface area contributed by atoms with Gasteiger partial charge in [0.15, 0.2) is 11.6 Å². The Morgan fingerprint density at radius 2 is 1.95 bits per heavy atom. The number of rotatable bonds is 3. The van der Waals surface area contributed by atoms with Crippen LogP contribution in [0.2, 0.25) is 0 Å². The van der Waals surface area contributed by atoms with Gasteiger partial charge >= 0.3 is 0 Å². The predicted molar refractivity (Wildman–Crippen MR) is 78.8 cm³/mol. The predicted octanol–water partition coefficient (Wildman–Crippen LogP) is 3.96. The summed E-state index contributed by atoms with van der Waals surface area (Å²) in [7, 11) is 1.61. The van der Waals surface area contributed by atoms with Crippen molar-refractivity contribution >= 4 is 21.8 Å². The molecule has 3 nitrogen and oxygen atoms in total. The molecule has 1 amide bonds. The second-order valence-corrected chi connectivity index (χ2v) is 5.57. The van der Waals surface area contributed by atoms with Gasteiger partial charge in [-0.25, -0.2) is 8.78 Å². The summed E-state index contributed by atoms with van der Waals surface area (Å²) in [6, 6.07) is 4.88. The summed E-state index contributed by atoms with van der Waals surface area (Å²) in [5, 5.41) is 0. The van der Waals surface area contributed by atoms with Gasteiger partial charge in [0.05, 0.1) is 11.6 Å².